The first-order valence-corrected chi connectivity index (χ1v) is 9.53. The average Bonchev–Trinajstić information content (AvgIpc) is 2.51. The average molecular weight is 498 g/mol. The maximum absolute atomic E-state index is 13.3. The summed E-state index contributed by atoms with van der Waals surface area (Å²) >= 11 is 1.78. The van der Waals surface area contributed by atoms with Gasteiger partial charge in [-0.05, 0) is 68.5 Å². The topological polar surface area (TPSA) is 49.9 Å². The third-order valence-electron chi connectivity index (χ3n) is 4.06. The van der Waals surface area contributed by atoms with Gasteiger partial charge in [-0.3, -0.25) is 4.79 Å². The predicted octanol–water partition coefficient (Wildman–Crippen LogP) is 4.39. The van der Waals surface area contributed by atoms with E-state index in [0.29, 0.717) is 3.57 Å². The fraction of sp³-hybridized carbons (Fsp3) is 0.556. The monoisotopic (exact) mass is 498 g/mol. The molecule has 0 bridgehead atoms. The van der Waals surface area contributed by atoms with E-state index in [2.05, 4.69) is 0 Å². The number of benzene rings is 1. The standard InChI is InChI=1S/C18H22F3IN2O3/c1-11-10-23(7-8-24(11)16(26)27-17(2,3)4)15(25)13-6-5-12(22)9-14(13)18(19,20)21/h5-6,9,11H,7-8,10H2,1-4H3. The highest BCUT2D eigenvalue weighted by Crippen LogP contribution is 2.34. The molecule has 1 fully saturated rings. The first-order chi connectivity index (χ1) is 12.3. The normalized spacial score (nSPS) is 18.4. The van der Waals surface area contributed by atoms with Gasteiger partial charge in [0.15, 0.2) is 0 Å². The smallest absolute Gasteiger partial charge is 0.417 e. The van der Waals surface area contributed by atoms with Crippen LogP contribution in [-0.2, 0) is 10.9 Å². The van der Waals surface area contributed by atoms with Crippen LogP contribution < -0.4 is 0 Å². The van der Waals surface area contributed by atoms with E-state index in [-0.39, 0.29) is 31.2 Å². The van der Waals surface area contributed by atoms with E-state index < -0.39 is 29.3 Å². The van der Waals surface area contributed by atoms with Crippen LogP contribution >= 0.6 is 22.6 Å². The lowest BCUT2D eigenvalue weighted by Gasteiger charge is -2.40. The molecule has 2 rings (SSSR count). The Morgan fingerprint density at radius 1 is 1.19 bits per heavy atom. The van der Waals surface area contributed by atoms with Crippen LogP contribution in [0.4, 0.5) is 18.0 Å². The van der Waals surface area contributed by atoms with Gasteiger partial charge in [0, 0.05) is 29.2 Å². The van der Waals surface area contributed by atoms with Crippen LogP contribution in [0.15, 0.2) is 18.2 Å². The largest absolute Gasteiger partial charge is 0.444 e. The summed E-state index contributed by atoms with van der Waals surface area (Å²) in [5.41, 5.74) is -1.96. The molecule has 1 saturated heterocycles. The molecule has 0 spiro atoms. The number of amides is 2. The summed E-state index contributed by atoms with van der Waals surface area (Å²) in [6, 6.07) is 3.28. The zero-order chi connectivity index (χ0) is 20.6. The van der Waals surface area contributed by atoms with Gasteiger partial charge in [-0.2, -0.15) is 13.2 Å². The Morgan fingerprint density at radius 2 is 1.81 bits per heavy atom. The minimum Gasteiger partial charge on any atom is -0.444 e. The number of carbonyl (C=O) groups excluding carboxylic acids is 2. The van der Waals surface area contributed by atoms with Gasteiger partial charge in [-0.15, -0.1) is 0 Å². The Labute approximate surface area is 170 Å². The molecule has 27 heavy (non-hydrogen) atoms. The van der Waals surface area contributed by atoms with Gasteiger partial charge in [-0.25, -0.2) is 4.79 Å². The van der Waals surface area contributed by atoms with Crippen LogP contribution in [0.1, 0.15) is 43.6 Å². The molecule has 5 nitrogen and oxygen atoms in total. The zero-order valence-corrected chi connectivity index (χ0v) is 17.7. The molecule has 1 aliphatic heterocycles. The third kappa shape index (κ3) is 5.49. The van der Waals surface area contributed by atoms with Gasteiger partial charge in [0.05, 0.1) is 11.1 Å². The molecule has 1 aliphatic rings. The lowest BCUT2D eigenvalue weighted by atomic mass is 10.0. The summed E-state index contributed by atoms with van der Waals surface area (Å²) < 4.78 is 45.7. The summed E-state index contributed by atoms with van der Waals surface area (Å²) in [5.74, 6) is -0.686. The van der Waals surface area contributed by atoms with Crippen molar-refractivity contribution in [1.29, 1.82) is 0 Å². The minimum absolute atomic E-state index is 0.140. The van der Waals surface area contributed by atoms with E-state index in [9.17, 15) is 22.8 Å². The van der Waals surface area contributed by atoms with Crippen LogP contribution in [0.25, 0.3) is 0 Å². The van der Waals surface area contributed by atoms with Crippen LogP contribution in [0.3, 0.4) is 0 Å². The van der Waals surface area contributed by atoms with Crippen molar-refractivity contribution < 1.29 is 27.5 Å². The lowest BCUT2D eigenvalue weighted by molar-refractivity contribution is -0.138. The zero-order valence-electron chi connectivity index (χ0n) is 15.6. The minimum atomic E-state index is -4.61. The highest BCUT2D eigenvalue weighted by molar-refractivity contribution is 14.1. The van der Waals surface area contributed by atoms with Crippen LogP contribution in [0.2, 0.25) is 0 Å². The number of nitrogens with zero attached hydrogens (tertiary/aromatic N) is 2. The summed E-state index contributed by atoms with van der Waals surface area (Å²) in [5, 5.41) is 0. The number of hydrogen-bond donors (Lipinski definition) is 0. The van der Waals surface area contributed by atoms with Gasteiger partial charge in [0.25, 0.3) is 5.91 Å². The summed E-state index contributed by atoms with van der Waals surface area (Å²) in [4.78, 5) is 27.8. The number of hydrogen-bond acceptors (Lipinski definition) is 3. The first-order valence-electron chi connectivity index (χ1n) is 8.45. The molecule has 1 atom stereocenters. The van der Waals surface area contributed by atoms with E-state index in [1.165, 1.54) is 21.9 Å². The molecule has 0 aliphatic carbocycles. The molecule has 0 radical (unpaired) electrons. The summed E-state index contributed by atoms with van der Waals surface area (Å²) in [7, 11) is 0. The summed E-state index contributed by atoms with van der Waals surface area (Å²) in [6.07, 6.45) is -5.11. The van der Waals surface area contributed by atoms with Crippen molar-refractivity contribution in [2.24, 2.45) is 0 Å². The van der Waals surface area contributed by atoms with E-state index >= 15 is 0 Å². The number of carbonyl (C=O) groups is 2. The molecule has 1 aromatic rings. The van der Waals surface area contributed by atoms with E-state index in [4.69, 9.17) is 4.74 Å². The molecule has 1 aromatic carbocycles. The number of halogens is 4. The quantitative estimate of drug-likeness (QED) is 0.540. The van der Waals surface area contributed by atoms with E-state index in [0.717, 1.165) is 6.07 Å². The van der Waals surface area contributed by atoms with Gasteiger partial charge in [0.1, 0.15) is 5.60 Å². The van der Waals surface area contributed by atoms with Crippen LogP contribution in [0.5, 0.6) is 0 Å². The number of piperazine rings is 1. The molecule has 0 N–H and O–H groups in total. The predicted molar refractivity (Wildman–Crippen MR) is 102 cm³/mol. The molecule has 9 heteroatoms. The molecular weight excluding hydrogens is 476 g/mol. The molecule has 0 aromatic heterocycles. The molecule has 2 amide bonds. The van der Waals surface area contributed by atoms with Crippen LogP contribution in [-0.4, -0.2) is 53.1 Å². The van der Waals surface area contributed by atoms with Gasteiger partial charge in [-0.1, -0.05) is 0 Å². The Kier molecular flexibility index (Phi) is 6.33. The number of alkyl halides is 3. The second kappa shape index (κ2) is 7.84. The highest BCUT2D eigenvalue weighted by Gasteiger charge is 2.38. The van der Waals surface area contributed by atoms with E-state index in [1.54, 1.807) is 50.3 Å². The summed E-state index contributed by atoms with van der Waals surface area (Å²) in [6.45, 7) is 7.49. The molecular formula is C18H22F3IN2O3. The van der Waals surface area contributed by atoms with Crippen molar-refractivity contribution in [1.82, 2.24) is 9.80 Å². The van der Waals surface area contributed by atoms with Crippen LogP contribution in [0, 0.1) is 3.57 Å². The van der Waals surface area contributed by atoms with E-state index in [1.807, 2.05) is 0 Å². The Balaban J connectivity index is 2.16. The lowest BCUT2D eigenvalue weighted by Crippen LogP contribution is -2.56. The van der Waals surface area contributed by atoms with Gasteiger partial charge < -0.3 is 14.5 Å². The Morgan fingerprint density at radius 3 is 2.33 bits per heavy atom. The van der Waals surface area contributed by atoms with Gasteiger partial charge in [0.2, 0.25) is 0 Å². The fourth-order valence-corrected chi connectivity index (χ4v) is 3.33. The molecule has 1 heterocycles. The van der Waals surface area contributed by atoms with Gasteiger partial charge >= 0.3 is 12.3 Å². The van der Waals surface area contributed by atoms with Crippen molar-refractivity contribution in [3.63, 3.8) is 0 Å². The maximum atomic E-state index is 13.3. The highest BCUT2D eigenvalue weighted by atomic mass is 127. The molecule has 1 unspecified atom stereocenters. The Hall–Kier alpha value is -1.52. The van der Waals surface area contributed by atoms with Crippen molar-refractivity contribution in [3.8, 4) is 0 Å². The second-order valence-corrected chi connectivity index (χ2v) is 8.71. The van der Waals surface area contributed by atoms with Crippen molar-refractivity contribution in [3.05, 3.63) is 32.9 Å². The second-order valence-electron chi connectivity index (χ2n) is 7.46. The number of rotatable bonds is 1. The SMILES string of the molecule is CC1CN(C(=O)c2ccc(I)cc2C(F)(F)F)CCN1C(=O)OC(C)(C)C. The van der Waals surface area contributed by atoms with Crippen molar-refractivity contribution in [2.75, 3.05) is 19.6 Å². The fourth-order valence-electron chi connectivity index (χ4n) is 2.84. The third-order valence-corrected chi connectivity index (χ3v) is 4.73. The maximum Gasteiger partial charge on any atom is 0.417 e. The van der Waals surface area contributed by atoms with Crippen molar-refractivity contribution >= 4 is 34.6 Å². The first kappa shape index (κ1) is 21.8. The Bertz CT molecular complexity index is 732. The molecule has 0 saturated carbocycles. The van der Waals surface area contributed by atoms with Crippen molar-refractivity contribution in [2.45, 2.75) is 45.5 Å². The number of ether oxygens (including phenoxy) is 1. The molecule has 150 valence electrons.